The molecular formula is C15H16ClFN2O3. The van der Waals surface area contributed by atoms with Gasteiger partial charge in [0.2, 0.25) is 5.91 Å². The highest BCUT2D eigenvalue weighted by molar-refractivity contribution is 6.30. The van der Waals surface area contributed by atoms with Gasteiger partial charge in [-0.2, -0.15) is 0 Å². The number of carboxylic acid groups (broad SMARTS) is 1. The number of piperidine rings is 1. The minimum absolute atomic E-state index is 0.00660. The number of likely N-dealkylation sites (tertiary alicyclic amines) is 1. The summed E-state index contributed by atoms with van der Waals surface area (Å²) in [5.74, 6) is -0.673. The van der Waals surface area contributed by atoms with E-state index in [1.165, 1.54) is 11.0 Å². The lowest BCUT2D eigenvalue weighted by Crippen LogP contribution is -2.48. The SMILES string of the molecule is C[C@@H](NC(=O)[C@@H]1C[C@H]2C[C@H]2N1C(=O)O)c1cccc(Cl)c1F. The van der Waals surface area contributed by atoms with Crippen LogP contribution in [-0.2, 0) is 4.79 Å². The summed E-state index contributed by atoms with van der Waals surface area (Å²) in [6, 6.07) is 3.28. The predicted molar refractivity (Wildman–Crippen MR) is 78.1 cm³/mol. The van der Waals surface area contributed by atoms with E-state index in [0.29, 0.717) is 6.42 Å². The minimum atomic E-state index is -1.08. The molecule has 4 atom stereocenters. The van der Waals surface area contributed by atoms with E-state index in [1.54, 1.807) is 19.1 Å². The van der Waals surface area contributed by atoms with Crippen LogP contribution in [0.2, 0.25) is 5.02 Å². The second kappa shape index (κ2) is 5.43. The molecule has 3 rings (SSSR count). The van der Waals surface area contributed by atoms with E-state index in [-0.39, 0.29) is 28.5 Å². The van der Waals surface area contributed by atoms with Crippen LogP contribution in [0.4, 0.5) is 9.18 Å². The Hall–Kier alpha value is -1.82. The molecule has 2 N–H and O–H groups in total. The first kappa shape index (κ1) is 15.1. The highest BCUT2D eigenvalue weighted by atomic mass is 35.5. The Kier molecular flexibility index (Phi) is 3.72. The molecule has 0 aromatic heterocycles. The first-order valence-corrected chi connectivity index (χ1v) is 7.53. The van der Waals surface area contributed by atoms with Crippen LogP contribution in [0.1, 0.15) is 31.4 Å². The zero-order valence-corrected chi connectivity index (χ0v) is 12.7. The van der Waals surface area contributed by atoms with Crippen LogP contribution in [0.5, 0.6) is 0 Å². The fraction of sp³-hybridized carbons (Fsp3) is 0.467. The summed E-state index contributed by atoms with van der Waals surface area (Å²) in [6.45, 7) is 1.65. The van der Waals surface area contributed by atoms with Gasteiger partial charge in [-0.1, -0.05) is 23.7 Å². The Morgan fingerprint density at radius 1 is 1.45 bits per heavy atom. The number of halogens is 2. The van der Waals surface area contributed by atoms with Gasteiger partial charge in [0, 0.05) is 11.6 Å². The number of carbonyl (C=O) groups excluding carboxylic acids is 1. The predicted octanol–water partition coefficient (Wildman–Crippen LogP) is 2.80. The Morgan fingerprint density at radius 2 is 2.18 bits per heavy atom. The van der Waals surface area contributed by atoms with Crippen LogP contribution in [-0.4, -0.2) is 34.1 Å². The Labute approximate surface area is 132 Å². The number of nitrogens with zero attached hydrogens (tertiary/aromatic N) is 1. The molecule has 7 heteroatoms. The number of rotatable bonds is 3. The number of fused-ring (bicyclic) bond motifs is 1. The van der Waals surface area contributed by atoms with Crippen LogP contribution >= 0.6 is 11.6 Å². The first-order chi connectivity index (χ1) is 10.4. The van der Waals surface area contributed by atoms with Crippen LogP contribution in [0.15, 0.2) is 18.2 Å². The van der Waals surface area contributed by atoms with Crippen molar-refractivity contribution in [1.29, 1.82) is 0 Å². The second-order valence-corrected chi connectivity index (χ2v) is 6.28. The van der Waals surface area contributed by atoms with Crippen molar-refractivity contribution in [3.63, 3.8) is 0 Å². The first-order valence-electron chi connectivity index (χ1n) is 7.15. The molecule has 5 nitrogen and oxygen atoms in total. The summed E-state index contributed by atoms with van der Waals surface area (Å²) in [5.41, 5.74) is 0.283. The lowest BCUT2D eigenvalue weighted by atomic mass is 10.1. The van der Waals surface area contributed by atoms with E-state index in [2.05, 4.69) is 5.32 Å². The third-order valence-electron chi connectivity index (χ3n) is 4.43. The third-order valence-corrected chi connectivity index (χ3v) is 4.73. The molecule has 118 valence electrons. The lowest BCUT2D eigenvalue weighted by molar-refractivity contribution is -0.126. The minimum Gasteiger partial charge on any atom is -0.465 e. The Morgan fingerprint density at radius 3 is 2.86 bits per heavy atom. The largest absolute Gasteiger partial charge is 0.465 e. The van der Waals surface area contributed by atoms with Gasteiger partial charge in [-0.25, -0.2) is 9.18 Å². The lowest BCUT2D eigenvalue weighted by Gasteiger charge is -2.25. The quantitative estimate of drug-likeness (QED) is 0.897. The number of hydrogen-bond donors (Lipinski definition) is 2. The molecule has 0 unspecified atom stereocenters. The van der Waals surface area contributed by atoms with Crippen molar-refractivity contribution in [2.75, 3.05) is 0 Å². The maximum atomic E-state index is 14.0. The maximum absolute atomic E-state index is 14.0. The summed E-state index contributed by atoms with van der Waals surface area (Å²) in [7, 11) is 0. The van der Waals surface area contributed by atoms with E-state index < -0.39 is 24.0 Å². The van der Waals surface area contributed by atoms with Crippen molar-refractivity contribution in [3.05, 3.63) is 34.6 Å². The second-order valence-electron chi connectivity index (χ2n) is 5.88. The summed E-state index contributed by atoms with van der Waals surface area (Å²) < 4.78 is 14.0. The highest BCUT2D eigenvalue weighted by Crippen LogP contribution is 2.47. The van der Waals surface area contributed by atoms with Gasteiger partial charge in [0.05, 0.1) is 11.1 Å². The monoisotopic (exact) mass is 326 g/mol. The van der Waals surface area contributed by atoms with E-state index >= 15 is 0 Å². The van der Waals surface area contributed by atoms with Gasteiger partial charge in [0.1, 0.15) is 11.9 Å². The zero-order valence-electron chi connectivity index (χ0n) is 11.9. The van der Waals surface area contributed by atoms with Gasteiger partial charge >= 0.3 is 6.09 Å². The smallest absolute Gasteiger partial charge is 0.408 e. The normalized spacial score (nSPS) is 27.2. The molecular weight excluding hydrogens is 311 g/mol. The molecule has 1 aliphatic heterocycles. The summed E-state index contributed by atoms with van der Waals surface area (Å²) in [4.78, 5) is 24.8. The summed E-state index contributed by atoms with van der Waals surface area (Å²) >= 11 is 5.74. The molecule has 1 heterocycles. The van der Waals surface area contributed by atoms with Crippen molar-refractivity contribution >= 4 is 23.6 Å². The van der Waals surface area contributed by atoms with Crippen LogP contribution in [0.3, 0.4) is 0 Å². The van der Waals surface area contributed by atoms with E-state index in [0.717, 1.165) is 6.42 Å². The van der Waals surface area contributed by atoms with Gasteiger partial charge in [0.15, 0.2) is 0 Å². The molecule has 1 aromatic rings. The standard InChI is InChI=1S/C15H16ClFN2O3/c1-7(9-3-2-4-10(16)13(9)17)18-14(20)12-6-8-5-11(8)19(12)15(21)22/h2-4,7-8,11-12H,5-6H2,1H3,(H,18,20)(H,21,22)/t7-,8-,11-,12+/m1/s1. The van der Waals surface area contributed by atoms with Crippen molar-refractivity contribution in [2.45, 2.75) is 37.9 Å². The molecule has 1 aliphatic carbocycles. The molecule has 2 aliphatic rings. The molecule has 1 aromatic carbocycles. The summed E-state index contributed by atoms with van der Waals surface area (Å²) in [6.07, 6.45) is 0.286. The summed E-state index contributed by atoms with van der Waals surface area (Å²) in [5, 5.41) is 11.9. The van der Waals surface area contributed by atoms with Crippen molar-refractivity contribution in [1.82, 2.24) is 10.2 Å². The van der Waals surface area contributed by atoms with Gasteiger partial charge in [-0.05, 0) is 31.7 Å². The van der Waals surface area contributed by atoms with Crippen LogP contribution in [0, 0.1) is 11.7 Å². The molecule has 1 saturated heterocycles. The van der Waals surface area contributed by atoms with Crippen molar-refractivity contribution in [3.8, 4) is 0 Å². The fourth-order valence-electron chi connectivity index (χ4n) is 3.21. The van der Waals surface area contributed by atoms with Crippen LogP contribution < -0.4 is 5.32 Å². The number of hydrogen-bond acceptors (Lipinski definition) is 2. The molecule has 2 fully saturated rings. The number of amides is 2. The average Bonchev–Trinajstić information content (AvgIpc) is 3.11. The van der Waals surface area contributed by atoms with E-state index in [4.69, 9.17) is 11.6 Å². The number of benzene rings is 1. The molecule has 22 heavy (non-hydrogen) atoms. The Bertz CT molecular complexity index is 639. The number of carbonyl (C=O) groups is 2. The van der Waals surface area contributed by atoms with Gasteiger partial charge in [-0.3, -0.25) is 9.69 Å². The molecule has 0 radical (unpaired) electrons. The van der Waals surface area contributed by atoms with Gasteiger partial charge in [-0.15, -0.1) is 0 Å². The molecule has 0 spiro atoms. The number of nitrogens with one attached hydrogen (secondary N) is 1. The molecule has 1 saturated carbocycles. The van der Waals surface area contributed by atoms with Gasteiger partial charge < -0.3 is 10.4 Å². The van der Waals surface area contributed by atoms with Crippen LogP contribution in [0.25, 0.3) is 0 Å². The molecule has 0 bridgehead atoms. The topological polar surface area (TPSA) is 69.6 Å². The highest BCUT2D eigenvalue weighted by Gasteiger charge is 2.56. The van der Waals surface area contributed by atoms with Crippen molar-refractivity contribution < 1.29 is 19.1 Å². The van der Waals surface area contributed by atoms with Crippen molar-refractivity contribution in [2.24, 2.45) is 5.92 Å². The third kappa shape index (κ3) is 2.52. The van der Waals surface area contributed by atoms with Gasteiger partial charge in [0.25, 0.3) is 0 Å². The molecule has 2 amide bonds. The van der Waals surface area contributed by atoms with E-state index in [1.807, 2.05) is 0 Å². The average molecular weight is 327 g/mol. The zero-order chi connectivity index (χ0) is 16.0. The Balaban J connectivity index is 1.71. The fourth-order valence-corrected chi connectivity index (χ4v) is 3.39. The maximum Gasteiger partial charge on any atom is 0.408 e. The van der Waals surface area contributed by atoms with E-state index in [9.17, 15) is 19.1 Å².